The van der Waals surface area contributed by atoms with Gasteiger partial charge in [0.05, 0.1) is 17.6 Å². The van der Waals surface area contributed by atoms with E-state index in [4.69, 9.17) is 15.9 Å². The van der Waals surface area contributed by atoms with Crippen LogP contribution in [0.2, 0.25) is 0 Å². The van der Waals surface area contributed by atoms with Gasteiger partial charge in [-0.3, -0.25) is 5.41 Å². The summed E-state index contributed by atoms with van der Waals surface area (Å²) in [6.45, 7) is 4.47. The fraction of sp³-hybridized carbons (Fsp3) is 0.235. The van der Waals surface area contributed by atoms with E-state index in [1.54, 1.807) is 19.4 Å². The first-order chi connectivity index (χ1) is 11.6. The number of anilines is 1. The SMILES string of the molecule is CC.COCc1cccc2[nH]c(C(=N)c3cc(Br)cnc3N)nc12. The number of halogens is 1. The monoisotopic (exact) mass is 389 g/mol. The van der Waals surface area contributed by atoms with Gasteiger partial charge in [0.15, 0.2) is 5.82 Å². The molecule has 3 aromatic rings. The molecule has 0 unspecified atom stereocenters. The van der Waals surface area contributed by atoms with Crippen LogP contribution in [0.5, 0.6) is 0 Å². The van der Waals surface area contributed by atoms with Crippen molar-refractivity contribution < 1.29 is 4.74 Å². The van der Waals surface area contributed by atoms with Crippen molar-refractivity contribution in [3.63, 3.8) is 0 Å². The molecule has 2 heterocycles. The molecule has 0 aliphatic heterocycles. The van der Waals surface area contributed by atoms with E-state index in [1.807, 2.05) is 32.0 Å². The average molecular weight is 390 g/mol. The van der Waals surface area contributed by atoms with Crippen LogP contribution < -0.4 is 5.73 Å². The van der Waals surface area contributed by atoms with Crippen LogP contribution in [0, 0.1) is 5.41 Å². The van der Waals surface area contributed by atoms with Crippen molar-refractivity contribution in [2.45, 2.75) is 20.5 Å². The summed E-state index contributed by atoms with van der Waals surface area (Å²) in [5, 5.41) is 8.35. The van der Waals surface area contributed by atoms with Gasteiger partial charge in [0.2, 0.25) is 0 Å². The number of nitrogens with one attached hydrogen (secondary N) is 2. The molecule has 0 aliphatic rings. The molecular formula is C17H20BrN5O. The zero-order chi connectivity index (χ0) is 17.7. The maximum Gasteiger partial charge on any atom is 0.157 e. The van der Waals surface area contributed by atoms with Crippen LogP contribution in [0.25, 0.3) is 11.0 Å². The first kappa shape index (κ1) is 18.1. The van der Waals surface area contributed by atoms with E-state index in [0.717, 1.165) is 21.1 Å². The van der Waals surface area contributed by atoms with E-state index in [9.17, 15) is 0 Å². The molecule has 0 aliphatic carbocycles. The first-order valence-corrected chi connectivity index (χ1v) is 8.36. The molecule has 6 nitrogen and oxygen atoms in total. The van der Waals surface area contributed by atoms with Crippen LogP contribution >= 0.6 is 15.9 Å². The second kappa shape index (κ2) is 8.03. The summed E-state index contributed by atoms with van der Waals surface area (Å²) in [7, 11) is 1.64. The highest BCUT2D eigenvalue weighted by Crippen LogP contribution is 2.21. The van der Waals surface area contributed by atoms with Gasteiger partial charge in [-0.05, 0) is 28.1 Å². The number of para-hydroxylation sites is 1. The summed E-state index contributed by atoms with van der Waals surface area (Å²) in [6.07, 6.45) is 1.60. The molecule has 0 amide bonds. The zero-order valence-electron chi connectivity index (χ0n) is 13.9. The maximum absolute atomic E-state index is 8.35. The van der Waals surface area contributed by atoms with Gasteiger partial charge in [0.1, 0.15) is 11.5 Å². The van der Waals surface area contributed by atoms with Gasteiger partial charge >= 0.3 is 0 Å². The Balaban J connectivity index is 0.00000100. The molecule has 3 rings (SSSR count). The number of hydrogen-bond donors (Lipinski definition) is 3. The number of imidazole rings is 1. The fourth-order valence-electron chi connectivity index (χ4n) is 2.26. The van der Waals surface area contributed by atoms with Crippen molar-refractivity contribution in [1.82, 2.24) is 15.0 Å². The van der Waals surface area contributed by atoms with Crippen molar-refractivity contribution in [2.24, 2.45) is 0 Å². The number of nitrogen functional groups attached to an aromatic ring is 1. The topological polar surface area (TPSA) is 101 Å². The molecule has 1 aromatic carbocycles. The lowest BCUT2D eigenvalue weighted by Crippen LogP contribution is -2.08. The number of methoxy groups -OCH3 is 1. The minimum absolute atomic E-state index is 0.200. The molecule has 0 fully saturated rings. The van der Waals surface area contributed by atoms with Crippen LogP contribution in [-0.2, 0) is 11.3 Å². The maximum atomic E-state index is 8.35. The summed E-state index contributed by atoms with van der Waals surface area (Å²) in [5.41, 5.74) is 9.22. The Morgan fingerprint density at radius 3 is 2.83 bits per heavy atom. The summed E-state index contributed by atoms with van der Waals surface area (Å²) in [5.74, 6) is 0.746. The Labute approximate surface area is 149 Å². The number of benzene rings is 1. The number of fused-ring (bicyclic) bond motifs is 1. The number of nitrogens with two attached hydrogens (primary N) is 1. The highest BCUT2D eigenvalue weighted by Gasteiger charge is 2.15. The van der Waals surface area contributed by atoms with E-state index in [2.05, 4.69) is 30.9 Å². The Bertz CT molecular complexity index is 859. The molecule has 126 valence electrons. The van der Waals surface area contributed by atoms with Crippen LogP contribution in [0.1, 0.15) is 30.8 Å². The van der Waals surface area contributed by atoms with Crippen molar-refractivity contribution in [3.8, 4) is 0 Å². The Morgan fingerprint density at radius 2 is 2.12 bits per heavy atom. The highest BCUT2D eigenvalue weighted by molar-refractivity contribution is 9.10. The molecule has 0 saturated carbocycles. The molecule has 7 heteroatoms. The molecule has 2 aromatic heterocycles. The zero-order valence-corrected chi connectivity index (χ0v) is 15.4. The largest absolute Gasteiger partial charge is 0.383 e. The molecular weight excluding hydrogens is 370 g/mol. The molecule has 0 saturated heterocycles. The molecule has 4 N–H and O–H groups in total. The van der Waals surface area contributed by atoms with Crippen molar-refractivity contribution >= 4 is 38.5 Å². The lowest BCUT2D eigenvalue weighted by molar-refractivity contribution is 0.186. The van der Waals surface area contributed by atoms with E-state index < -0.39 is 0 Å². The number of pyridine rings is 1. The van der Waals surface area contributed by atoms with Gasteiger partial charge in [-0.2, -0.15) is 0 Å². The van der Waals surface area contributed by atoms with Gasteiger partial charge in [0, 0.05) is 28.9 Å². The predicted octanol–water partition coefficient (Wildman–Crippen LogP) is 3.89. The molecule has 0 radical (unpaired) electrons. The lowest BCUT2D eigenvalue weighted by Gasteiger charge is -2.04. The van der Waals surface area contributed by atoms with E-state index in [0.29, 0.717) is 23.8 Å². The summed E-state index contributed by atoms with van der Waals surface area (Å²) < 4.78 is 5.94. The van der Waals surface area contributed by atoms with Crippen molar-refractivity contribution in [1.29, 1.82) is 5.41 Å². The lowest BCUT2D eigenvalue weighted by atomic mass is 10.1. The number of ether oxygens (including phenoxy) is 1. The van der Waals surface area contributed by atoms with Crippen molar-refractivity contribution in [3.05, 3.63) is 51.9 Å². The van der Waals surface area contributed by atoms with Crippen molar-refractivity contribution in [2.75, 3.05) is 12.8 Å². The van der Waals surface area contributed by atoms with Gasteiger partial charge in [0.25, 0.3) is 0 Å². The second-order valence-corrected chi connectivity index (χ2v) is 5.71. The smallest absolute Gasteiger partial charge is 0.157 e. The van der Waals surface area contributed by atoms with E-state index >= 15 is 0 Å². The van der Waals surface area contributed by atoms with Crippen LogP contribution in [0.4, 0.5) is 5.82 Å². The number of rotatable bonds is 4. The number of aromatic nitrogens is 3. The van der Waals surface area contributed by atoms with Gasteiger partial charge in [-0.15, -0.1) is 0 Å². The molecule has 24 heavy (non-hydrogen) atoms. The molecule has 0 bridgehead atoms. The number of H-pyrrole nitrogens is 1. The minimum Gasteiger partial charge on any atom is -0.383 e. The van der Waals surface area contributed by atoms with Crippen LogP contribution in [-0.4, -0.2) is 27.8 Å². The second-order valence-electron chi connectivity index (χ2n) is 4.79. The Kier molecular flexibility index (Phi) is 6.05. The third-order valence-corrected chi connectivity index (χ3v) is 3.72. The fourth-order valence-corrected chi connectivity index (χ4v) is 2.59. The van der Waals surface area contributed by atoms with Crippen LogP contribution in [0.15, 0.2) is 34.9 Å². The summed E-state index contributed by atoms with van der Waals surface area (Å²) >= 11 is 3.34. The third-order valence-electron chi connectivity index (χ3n) is 3.29. The first-order valence-electron chi connectivity index (χ1n) is 7.57. The molecule has 0 atom stereocenters. The minimum atomic E-state index is 0.200. The number of hydrogen-bond acceptors (Lipinski definition) is 5. The van der Waals surface area contributed by atoms with E-state index in [1.165, 1.54) is 0 Å². The number of nitrogens with zero attached hydrogens (tertiary/aromatic N) is 2. The van der Waals surface area contributed by atoms with E-state index in [-0.39, 0.29) is 5.71 Å². The van der Waals surface area contributed by atoms with Gasteiger partial charge < -0.3 is 15.5 Å². The van der Waals surface area contributed by atoms with Crippen LogP contribution in [0.3, 0.4) is 0 Å². The molecule has 0 spiro atoms. The summed E-state index contributed by atoms with van der Waals surface area (Å²) in [6, 6.07) is 7.56. The normalized spacial score (nSPS) is 10.3. The Hall–Kier alpha value is -2.25. The quantitative estimate of drug-likeness (QED) is 0.589. The third kappa shape index (κ3) is 3.63. The summed E-state index contributed by atoms with van der Waals surface area (Å²) in [4.78, 5) is 11.7. The van der Waals surface area contributed by atoms with Gasteiger partial charge in [-0.1, -0.05) is 26.0 Å². The van der Waals surface area contributed by atoms with Gasteiger partial charge in [-0.25, -0.2) is 9.97 Å². The average Bonchev–Trinajstić information content (AvgIpc) is 3.04. The number of aromatic amines is 1. The predicted molar refractivity (Wildman–Crippen MR) is 100 cm³/mol. The highest BCUT2D eigenvalue weighted by atomic mass is 79.9. The Morgan fingerprint density at radius 1 is 1.38 bits per heavy atom. The standard InChI is InChI=1S/C15H14BrN5O.C2H6/c1-22-7-8-3-2-4-11-13(8)21-15(20-11)12(17)10-5-9(16)6-19-14(10)18;1-2/h2-6,17H,7H2,1H3,(H2,18,19)(H,20,21);1-2H3.